The maximum atomic E-state index is 9.96. The van der Waals surface area contributed by atoms with Gasteiger partial charge in [-0.25, -0.2) is 0 Å². The van der Waals surface area contributed by atoms with Crippen molar-refractivity contribution in [3.05, 3.63) is 0 Å². The van der Waals surface area contributed by atoms with Gasteiger partial charge in [-0.1, -0.05) is 51.4 Å². The SMILES string of the molecule is CC(O)C12CCCCC1CCCC2.CC(O)C12CCCCC1CCCC2. The van der Waals surface area contributed by atoms with Crippen LogP contribution < -0.4 is 0 Å². The first-order valence-corrected chi connectivity index (χ1v) is 11.9. The van der Waals surface area contributed by atoms with Crippen LogP contribution in [0.2, 0.25) is 0 Å². The standard InChI is InChI=1S/2C12H22O/c2*1-10(13)12-8-4-2-6-11(12)7-3-5-9-12/h2*10-11,13H,2-9H2,1H3. The molecule has 4 aliphatic carbocycles. The van der Waals surface area contributed by atoms with Crippen LogP contribution in [0.1, 0.15) is 117 Å². The lowest BCUT2D eigenvalue weighted by atomic mass is 9.57. The predicted molar refractivity (Wildman–Crippen MR) is 109 cm³/mol. The first kappa shape index (κ1) is 20.6. The third-order valence-corrected chi connectivity index (χ3v) is 9.07. The Labute approximate surface area is 162 Å². The van der Waals surface area contributed by atoms with Gasteiger partial charge in [-0.05, 0) is 87.9 Å². The van der Waals surface area contributed by atoms with Gasteiger partial charge in [0.2, 0.25) is 0 Å². The van der Waals surface area contributed by atoms with Crippen LogP contribution in [0.4, 0.5) is 0 Å². The first-order chi connectivity index (χ1) is 12.5. The van der Waals surface area contributed by atoms with Crippen molar-refractivity contribution in [2.24, 2.45) is 22.7 Å². The summed E-state index contributed by atoms with van der Waals surface area (Å²) in [6, 6.07) is 0. The van der Waals surface area contributed by atoms with Gasteiger partial charge in [0.1, 0.15) is 0 Å². The molecule has 2 nitrogen and oxygen atoms in total. The van der Waals surface area contributed by atoms with Gasteiger partial charge >= 0.3 is 0 Å². The van der Waals surface area contributed by atoms with Crippen LogP contribution in [0.3, 0.4) is 0 Å². The molecule has 2 heteroatoms. The molecule has 4 aliphatic rings. The Morgan fingerprint density at radius 1 is 0.538 bits per heavy atom. The maximum Gasteiger partial charge on any atom is 0.0570 e. The topological polar surface area (TPSA) is 40.5 Å². The highest BCUT2D eigenvalue weighted by molar-refractivity contribution is 4.96. The fourth-order valence-electron chi connectivity index (χ4n) is 7.40. The summed E-state index contributed by atoms with van der Waals surface area (Å²) in [7, 11) is 0. The van der Waals surface area contributed by atoms with Crippen molar-refractivity contribution in [3.63, 3.8) is 0 Å². The summed E-state index contributed by atoms with van der Waals surface area (Å²) in [6.45, 7) is 4.04. The molecule has 0 aromatic rings. The maximum absolute atomic E-state index is 9.96. The van der Waals surface area contributed by atoms with Gasteiger partial charge in [-0.3, -0.25) is 0 Å². The van der Waals surface area contributed by atoms with Crippen molar-refractivity contribution in [1.82, 2.24) is 0 Å². The van der Waals surface area contributed by atoms with E-state index in [1.807, 2.05) is 13.8 Å². The smallest absolute Gasteiger partial charge is 0.0570 e. The van der Waals surface area contributed by atoms with E-state index in [0.717, 1.165) is 11.8 Å². The average Bonchev–Trinajstić information content (AvgIpc) is 2.68. The molecule has 2 N–H and O–H groups in total. The molecule has 2 unspecified atom stereocenters. The zero-order chi connectivity index (χ0) is 18.6. The van der Waals surface area contributed by atoms with E-state index in [1.165, 1.54) is 103 Å². The van der Waals surface area contributed by atoms with Crippen molar-refractivity contribution >= 4 is 0 Å². The van der Waals surface area contributed by atoms with E-state index < -0.39 is 0 Å². The summed E-state index contributed by atoms with van der Waals surface area (Å²) in [5, 5.41) is 19.9. The Morgan fingerprint density at radius 3 is 1.00 bits per heavy atom. The van der Waals surface area contributed by atoms with Gasteiger partial charge in [-0.2, -0.15) is 0 Å². The Morgan fingerprint density at radius 2 is 0.808 bits per heavy atom. The third-order valence-electron chi connectivity index (χ3n) is 9.07. The largest absolute Gasteiger partial charge is 0.393 e. The molecule has 0 aromatic heterocycles. The Hall–Kier alpha value is -0.0800. The van der Waals surface area contributed by atoms with E-state index in [2.05, 4.69) is 0 Å². The summed E-state index contributed by atoms with van der Waals surface area (Å²) in [4.78, 5) is 0. The second-order valence-electron chi connectivity index (χ2n) is 10.2. The van der Waals surface area contributed by atoms with Crippen LogP contribution >= 0.6 is 0 Å². The molecule has 0 bridgehead atoms. The minimum Gasteiger partial charge on any atom is -0.393 e. The molecule has 0 amide bonds. The zero-order valence-corrected chi connectivity index (χ0v) is 17.5. The predicted octanol–water partition coefficient (Wildman–Crippen LogP) is 6.24. The van der Waals surface area contributed by atoms with E-state index in [0.29, 0.717) is 10.8 Å². The molecule has 4 saturated carbocycles. The lowest BCUT2D eigenvalue weighted by Gasteiger charge is -2.49. The summed E-state index contributed by atoms with van der Waals surface area (Å²) in [6.07, 6.45) is 21.5. The van der Waals surface area contributed by atoms with Gasteiger partial charge in [0, 0.05) is 0 Å². The molecule has 26 heavy (non-hydrogen) atoms. The average molecular weight is 365 g/mol. The number of aliphatic hydroxyl groups is 2. The lowest BCUT2D eigenvalue weighted by Crippen LogP contribution is -2.44. The number of fused-ring (bicyclic) bond motifs is 2. The molecule has 0 heterocycles. The van der Waals surface area contributed by atoms with Gasteiger partial charge in [0.25, 0.3) is 0 Å². The molecule has 4 fully saturated rings. The van der Waals surface area contributed by atoms with Gasteiger partial charge < -0.3 is 10.2 Å². The Kier molecular flexibility index (Phi) is 7.11. The molecule has 4 rings (SSSR count). The molecule has 0 saturated heterocycles. The minimum absolute atomic E-state index is 0.0712. The highest BCUT2D eigenvalue weighted by Crippen LogP contribution is 2.53. The second-order valence-corrected chi connectivity index (χ2v) is 10.2. The number of hydrogen-bond donors (Lipinski definition) is 2. The molecular formula is C24H44O2. The zero-order valence-electron chi connectivity index (χ0n) is 17.5. The fraction of sp³-hybridized carbons (Fsp3) is 1.00. The van der Waals surface area contributed by atoms with Gasteiger partial charge in [0.05, 0.1) is 12.2 Å². The van der Waals surface area contributed by atoms with Crippen LogP contribution in [0, 0.1) is 22.7 Å². The second kappa shape index (κ2) is 8.95. The van der Waals surface area contributed by atoms with Crippen molar-refractivity contribution in [2.45, 2.75) is 129 Å². The number of rotatable bonds is 2. The Balaban J connectivity index is 0.000000151. The van der Waals surface area contributed by atoms with Crippen LogP contribution in [0.5, 0.6) is 0 Å². The summed E-state index contributed by atoms with van der Waals surface area (Å²) in [5.41, 5.74) is 0.660. The first-order valence-electron chi connectivity index (χ1n) is 11.9. The highest BCUT2D eigenvalue weighted by atomic mass is 16.3. The molecule has 152 valence electrons. The quantitative estimate of drug-likeness (QED) is 0.609. The van der Waals surface area contributed by atoms with Crippen molar-refractivity contribution in [2.75, 3.05) is 0 Å². The van der Waals surface area contributed by atoms with E-state index in [-0.39, 0.29) is 12.2 Å². The van der Waals surface area contributed by atoms with Gasteiger partial charge in [0.15, 0.2) is 0 Å². The van der Waals surface area contributed by atoms with E-state index in [4.69, 9.17) is 0 Å². The van der Waals surface area contributed by atoms with E-state index >= 15 is 0 Å². The van der Waals surface area contributed by atoms with Crippen LogP contribution in [0.25, 0.3) is 0 Å². The fourth-order valence-corrected chi connectivity index (χ4v) is 7.40. The molecule has 0 spiro atoms. The third kappa shape index (κ3) is 4.02. The summed E-state index contributed by atoms with van der Waals surface area (Å²) < 4.78 is 0. The minimum atomic E-state index is -0.0712. The van der Waals surface area contributed by atoms with Crippen LogP contribution in [-0.4, -0.2) is 22.4 Å². The molecule has 0 radical (unpaired) electrons. The van der Waals surface area contributed by atoms with Crippen molar-refractivity contribution < 1.29 is 10.2 Å². The number of aliphatic hydroxyl groups excluding tert-OH is 2. The molecular weight excluding hydrogens is 320 g/mol. The monoisotopic (exact) mass is 364 g/mol. The van der Waals surface area contributed by atoms with Crippen LogP contribution in [0.15, 0.2) is 0 Å². The van der Waals surface area contributed by atoms with E-state index in [9.17, 15) is 10.2 Å². The van der Waals surface area contributed by atoms with Crippen LogP contribution in [-0.2, 0) is 0 Å². The lowest BCUT2D eigenvalue weighted by molar-refractivity contribution is -0.0625. The van der Waals surface area contributed by atoms with E-state index in [1.54, 1.807) is 0 Å². The van der Waals surface area contributed by atoms with Crippen molar-refractivity contribution in [3.8, 4) is 0 Å². The summed E-state index contributed by atoms with van der Waals surface area (Å²) in [5.74, 6) is 1.69. The van der Waals surface area contributed by atoms with Gasteiger partial charge in [-0.15, -0.1) is 0 Å². The molecule has 0 aromatic carbocycles. The van der Waals surface area contributed by atoms with Crippen molar-refractivity contribution in [1.29, 1.82) is 0 Å². The Bertz CT molecular complexity index is 364. The molecule has 2 atom stereocenters. The highest BCUT2D eigenvalue weighted by Gasteiger charge is 2.46. The summed E-state index contributed by atoms with van der Waals surface area (Å²) >= 11 is 0. The normalized spacial score (nSPS) is 42.5. The number of hydrogen-bond acceptors (Lipinski definition) is 2. The molecule has 0 aliphatic heterocycles.